The van der Waals surface area contributed by atoms with E-state index in [-0.39, 0.29) is 0 Å². The Morgan fingerprint density at radius 2 is 2.24 bits per heavy atom. The summed E-state index contributed by atoms with van der Waals surface area (Å²) in [6, 6.07) is 0. The number of nitrogens with zero attached hydrogens (tertiary/aromatic N) is 2. The van der Waals surface area contributed by atoms with E-state index < -0.39 is 5.60 Å². The predicted molar refractivity (Wildman–Crippen MR) is 68.7 cm³/mol. The molecular formula is C14H24N2O. The molecule has 1 saturated carbocycles. The normalized spacial score (nSPS) is 33.9. The molecule has 0 aromatic carbocycles. The molecule has 1 aromatic heterocycles. The van der Waals surface area contributed by atoms with Gasteiger partial charge >= 0.3 is 0 Å². The summed E-state index contributed by atoms with van der Waals surface area (Å²) < 4.78 is 2.04. The maximum absolute atomic E-state index is 10.6. The average molecular weight is 236 g/mol. The molecule has 2 rings (SSSR count). The van der Waals surface area contributed by atoms with Gasteiger partial charge in [-0.05, 0) is 37.5 Å². The third-order valence-corrected chi connectivity index (χ3v) is 4.47. The second-order valence-electron chi connectivity index (χ2n) is 5.88. The highest BCUT2D eigenvalue weighted by Crippen LogP contribution is 2.38. The highest BCUT2D eigenvalue weighted by Gasteiger charge is 2.35. The molecule has 3 heteroatoms. The van der Waals surface area contributed by atoms with Gasteiger partial charge in [-0.25, -0.2) is 4.98 Å². The Balaban J connectivity index is 1.92. The molecule has 3 atom stereocenters. The Bertz CT molecular complexity index is 374. The molecule has 0 amide bonds. The molecule has 1 aromatic rings. The minimum atomic E-state index is -0.460. The zero-order chi connectivity index (χ0) is 12.5. The number of imidazole rings is 1. The first-order valence-corrected chi connectivity index (χ1v) is 6.69. The standard InChI is InChI=1S/C14H24N2O/c1-11-4-6-14(17,10-12(11)2)7-5-13-15-8-9-16(13)3/h8-9,11-12,17H,4-7,10H2,1-3H3. The molecule has 0 bridgehead atoms. The van der Waals surface area contributed by atoms with Crippen molar-refractivity contribution in [1.29, 1.82) is 0 Å². The van der Waals surface area contributed by atoms with Gasteiger partial charge in [-0.15, -0.1) is 0 Å². The van der Waals surface area contributed by atoms with E-state index in [1.54, 1.807) is 0 Å². The van der Waals surface area contributed by atoms with Gasteiger partial charge in [0.2, 0.25) is 0 Å². The molecule has 17 heavy (non-hydrogen) atoms. The van der Waals surface area contributed by atoms with Crippen LogP contribution in [-0.4, -0.2) is 20.3 Å². The Labute approximate surface area is 104 Å². The third-order valence-electron chi connectivity index (χ3n) is 4.47. The number of aromatic nitrogens is 2. The maximum Gasteiger partial charge on any atom is 0.108 e. The van der Waals surface area contributed by atoms with Gasteiger partial charge in [0.25, 0.3) is 0 Å². The van der Waals surface area contributed by atoms with Crippen molar-refractivity contribution in [2.24, 2.45) is 18.9 Å². The van der Waals surface area contributed by atoms with Crippen LogP contribution < -0.4 is 0 Å². The van der Waals surface area contributed by atoms with Crippen molar-refractivity contribution >= 4 is 0 Å². The number of hydrogen-bond acceptors (Lipinski definition) is 2. The zero-order valence-electron chi connectivity index (χ0n) is 11.2. The van der Waals surface area contributed by atoms with Crippen LogP contribution in [0.25, 0.3) is 0 Å². The molecule has 1 aliphatic rings. The van der Waals surface area contributed by atoms with Crippen molar-refractivity contribution in [3.63, 3.8) is 0 Å². The van der Waals surface area contributed by atoms with Crippen LogP contribution in [0.4, 0.5) is 0 Å². The largest absolute Gasteiger partial charge is 0.390 e. The molecule has 1 aliphatic carbocycles. The Morgan fingerprint density at radius 3 is 2.82 bits per heavy atom. The fourth-order valence-corrected chi connectivity index (χ4v) is 2.89. The van der Waals surface area contributed by atoms with Crippen LogP contribution in [0.1, 0.15) is 45.4 Å². The lowest BCUT2D eigenvalue weighted by Gasteiger charge is -2.39. The van der Waals surface area contributed by atoms with Gasteiger partial charge in [0.1, 0.15) is 5.82 Å². The molecular weight excluding hydrogens is 212 g/mol. The summed E-state index contributed by atoms with van der Waals surface area (Å²) in [5.74, 6) is 2.46. The highest BCUT2D eigenvalue weighted by atomic mass is 16.3. The molecule has 1 N–H and O–H groups in total. The summed E-state index contributed by atoms with van der Waals surface area (Å²) in [7, 11) is 2.01. The van der Waals surface area contributed by atoms with Crippen LogP contribution >= 0.6 is 0 Å². The summed E-state index contributed by atoms with van der Waals surface area (Å²) in [4.78, 5) is 4.32. The van der Waals surface area contributed by atoms with Crippen molar-refractivity contribution in [1.82, 2.24) is 9.55 Å². The number of aliphatic hydroxyl groups is 1. The first kappa shape index (κ1) is 12.6. The Hall–Kier alpha value is -0.830. The topological polar surface area (TPSA) is 38.1 Å². The summed E-state index contributed by atoms with van der Waals surface area (Å²) in [5.41, 5.74) is -0.460. The van der Waals surface area contributed by atoms with Gasteiger partial charge in [-0.3, -0.25) is 0 Å². The maximum atomic E-state index is 10.6. The quantitative estimate of drug-likeness (QED) is 0.875. The first-order valence-electron chi connectivity index (χ1n) is 6.69. The summed E-state index contributed by atoms with van der Waals surface area (Å²) in [6.45, 7) is 4.55. The van der Waals surface area contributed by atoms with Gasteiger partial charge in [0.05, 0.1) is 5.60 Å². The smallest absolute Gasteiger partial charge is 0.108 e. The van der Waals surface area contributed by atoms with E-state index in [9.17, 15) is 5.11 Å². The molecule has 0 aliphatic heterocycles. The van der Waals surface area contributed by atoms with E-state index in [4.69, 9.17) is 0 Å². The van der Waals surface area contributed by atoms with E-state index in [2.05, 4.69) is 18.8 Å². The highest BCUT2D eigenvalue weighted by molar-refractivity contribution is 4.95. The van der Waals surface area contributed by atoms with E-state index in [1.807, 2.05) is 24.0 Å². The second kappa shape index (κ2) is 4.81. The monoisotopic (exact) mass is 236 g/mol. The van der Waals surface area contributed by atoms with Gasteiger partial charge in [-0.2, -0.15) is 0 Å². The fraction of sp³-hybridized carbons (Fsp3) is 0.786. The molecule has 3 unspecified atom stereocenters. The first-order chi connectivity index (χ1) is 8.00. The minimum Gasteiger partial charge on any atom is -0.390 e. The lowest BCUT2D eigenvalue weighted by molar-refractivity contribution is -0.0351. The van der Waals surface area contributed by atoms with Gasteiger partial charge in [0, 0.05) is 25.9 Å². The van der Waals surface area contributed by atoms with Gasteiger partial charge < -0.3 is 9.67 Å². The predicted octanol–water partition coefficient (Wildman–Crippen LogP) is 2.54. The molecule has 96 valence electrons. The van der Waals surface area contributed by atoms with Crippen LogP contribution in [0.3, 0.4) is 0 Å². The van der Waals surface area contributed by atoms with Gasteiger partial charge in [0.15, 0.2) is 0 Å². The van der Waals surface area contributed by atoms with E-state index >= 15 is 0 Å². The van der Waals surface area contributed by atoms with Crippen molar-refractivity contribution in [3.8, 4) is 0 Å². The molecule has 1 heterocycles. The molecule has 0 saturated heterocycles. The summed E-state index contributed by atoms with van der Waals surface area (Å²) in [6.07, 6.45) is 8.55. The lowest BCUT2D eigenvalue weighted by atomic mass is 9.71. The molecule has 3 nitrogen and oxygen atoms in total. The average Bonchev–Trinajstić information content (AvgIpc) is 2.68. The summed E-state index contributed by atoms with van der Waals surface area (Å²) in [5, 5.41) is 10.6. The van der Waals surface area contributed by atoms with E-state index in [0.29, 0.717) is 5.92 Å². The van der Waals surface area contributed by atoms with Crippen molar-refractivity contribution in [2.45, 2.75) is 51.6 Å². The van der Waals surface area contributed by atoms with Crippen LogP contribution in [0.2, 0.25) is 0 Å². The molecule has 0 spiro atoms. The Morgan fingerprint density at radius 1 is 1.47 bits per heavy atom. The van der Waals surface area contributed by atoms with Crippen LogP contribution in [0.15, 0.2) is 12.4 Å². The number of aryl methyl sites for hydroxylation is 2. The summed E-state index contributed by atoms with van der Waals surface area (Å²) >= 11 is 0. The zero-order valence-corrected chi connectivity index (χ0v) is 11.2. The second-order valence-corrected chi connectivity index (χ2v) is 5.88. The van der Waals surface area contributed by atoms with Crippen LogP contribution in [0, 0.1) is 11.8 Å². The van der Waals surface area contributed by atoms with Crippen molar-refractivity contribution in [3.05, 3.63) is 18.2 Å². The van der Waals surface area contributed by atoms with Crippen molar-refractivity contribution < 1.29 is 5.11 Å². The molecule has 0 radical (unpaired) electrons. The van der Waals surface area contributed by atoms with E-state index in [1.165, 1.54) is 0 Å². The van der Waals surface area contributed by atoms with Crippen LogP contribution in [-0.2, 0) is 13.5 Å². The fourth-order valence-electron chi connectivity index (χ4n) is 2.89. The Kier molecular flexibility index (Phi) is 3.57. The van der Waals surface area contributed by atoms with Crippen LogP contribution in [0.5, 0.6) is 0 Å². The van der Waals surface area contributed by atoms with E-state index in [0.717, 1.165) is 43.8 Å². The third kappa shape index (κ3) is 2.89. The SMILES string of the molecule is CC1CCC(O)(CCc2nccn2C)CC1C. The number of rotatable bonds is 3. The lowest BCUT2D eigenvalue weighted by Crippen LogP contribution is -2.38. The van der Waals surface area contributed by atoms with Gasteiger partial charge in [-0.1, -0.05) is 13.8 Å². The number of hydrogen-bond donors (Lipinski definition) is 1. The minimum absolute atomic E-state index is 0.460. The molecule has 1 fully saturated rings. The van der Waals surface area contributed by atoms with Crippen molar-refractivity contribution in [2.75, 3.05) is 0 Å².